The number of rotatable bonds is 2. The molecule has 0 amide bonds. The number of benzene rings is 1. The van der Waals surface area contributed by atoms with Crippen LogP contribution < -0.4 is 10.5 Å². The van der Waals surface area contributed by atoms with Crippen LogP contribution in [-0.4, -0.2) is 17.3 Å². The lowest BCUT2D eigenvalue weighted by Gasteiger charge is -2.06. The maximum absolute atomic E-state index is 5.85. The first-order valence-corrected chi connectivity index (χ1v) is 5.86. The Kier molecular flexibility index (Phi) is 2.59. The number of fused-ring (bicyclic) bond motifs is 1. The molecule has 5 heteroatoms. The Morgan fingerprint density at radius 2 is 1.95 bits per heavy atom. The van der Waals surface area contributed by atoms with E-state index in [1.54, 1.807) is 7.11 Å². The average molecular weight is 255 g/mol. The second-order valence-electron chi connectivity index (χ2n) is 4.29. The summed E-state index contributed by atoms with van der Waals surface area (Å²) in [4.78, 5) is 4.28. The zero-order valence-electron chi connectivity index (χ0n) is 10.7. The molecule has 0 aliphatic rings. The largest absolute Gasteiger partial charge is 0.497 e. The van der Waals surface area contributed by atoms with E-state index in [1.807, 2.05) is 37.3 Å². The van der Waals surface area contributed by atoms with Crippen molar-refractivity contribution in [3.05, 3.63) is 36.0 Å². The van der Waals surface area contributed by atoms with Crippen LogP contribution in [0.3, 0.4) is 0 Å². The number of nitrogen functional groups attached to an aromatic ring is 1. The van der Waals surface area contributed by atoms with Crippen molar-refractivity contribution in [3.63, 3.8) is 0 Å². The van der Waals surface area contributed by atoms with Gasteiger partial charge in [-0.25, -0.2) is 4.98 Å². The fraction of sp³-hybridized carbons (Fsp3) is 0.143. The standard InChI is InChI=1S/C14H13N3O2/c1-8-7-11(9-3-5-10(18-2)6-4-9)12-13(15)17-19-14(12)16-8/h3-7H,1-2H3,(H2,15,17). The number of pyridine rings is 1. The van der Waals surface area contributed by atoms with E-state index in [9.17, 15) is 0 Å². The molecule has 2 aromatic heterocycles. The van der Waals surface area contributed by atoms with Crippen molar-refractivity contribution in [2.45, 2.75) is 6.92 Å². The molecule has 1 aromatic carbocycles. The third-order valence-corrected chi connectivity index (χ3v) is 3.00. The Labute approximate surface area is 110 Å². The molecule has 19 heavy (non-hydrogen) atoms. The van der Waals surface area contributed by atoms with E-state index in [-0.39, 0.29) is 0 Å². The van der Waals surface area contributed by atoms with Crippen molar-refractivity contribution >= 4 is 16.9 Å². The average Bonchev–Trinajstić information content (AvgIpc) is 2.79. The number of methoxy groups -OCH3 is 1. The second-order valence-corrected chi connectivity index (χ2v) is 4.29. The number of aryl methyl sites for hydroxylation is 1. The number of hydrogen-bond donors (Lipinski definition) is 1. The van der Waals surface area contributed by atoms with Crippen LogP contribution >= 0.6 is 0 Å². The van der Waals surface area contributed by atoms with E-state index >= 15 is 0 Å². The third kappa shape index (κ3) is 1.89. The van der Waals surface area contributed by atoms with Gasteiger partial charge in [-0.1, -0.05) is 17.3 Å². The van der Waals surface area contributed by atoms with E-state index < -0.39 is 0 Å². The van der Waals surface area contributed by atoms with Crippen molar-refractivity contribution in [1.82, 2.24) is 10.1 Å². The van der Waals surface area contributed by atoms with Gasteiger partial charge in [-0.2, -0.15) is 0 Å². The van der Waals surface area contributed by atoms with Crippen LogP contribution in [0.5, 0.6) is 5.75 Å². The van der Waals surface area contributed by atoms with Gasteiger partial charge in [0.25, 0.3) is 5.71 Å². The molecule has 0 spiro atoms. The highest BCUT2D eigenvalue weighted by atomic mass is 16.5. The predicted octanol–water partition coefficient (Wildman–Crippen LogP) is 2.79. The molecule has 5 nitrogen and oxygen atoms in total. The lowest BCUT2D eigenvalue weighted by atomic mass is 10.0. The Morgan fingerprint density at radius 1 is 1.21 bits per heavy atom. The highest BCUT2D eigenvalue weighted by molar-refractivity contribution is 5.98. The SMILES string of the molecule is COc1ccc(-c2cc(C)nc3onc(N)c23)cc1. The van der Waals surface area contributed by atoms with Gasteiger partial charge in [0, 0.05) is 11.3 Å². The number of nitrogens with zero attached hydrogens (tertiary/aromatic N) is 2. The summed E-state index contributed by atoms with van der Waals surface area (Å²) in [5.74, 6) is 1.16. The molecule has 0 saturated carbocycles. The summed E-state index contributed by atoms with van der Waals surface area (Å²) in [5, 5.41) is 4.52. The van der Waals surface area contributed by atoms with Crippen molar-refractivity contribution in [2.75, 3.05) is 12.8 Å². The lowest BCUT2D eigenvalue weighted by molar-refractivity contribution is 0.415. The highest BCUT2D eigenvalue weighted by Gasteiger charge is 2.14. The first kappa shape index (κ1) is 11.5. The van der Waals surface area contributed by atoms with E-state index in [0.717, 1.165) is 28.0 Å². The quantitative estimate of drug-likeness (QED) is 0.762. The van der Waals surface area contributed by atoms with E-state index in [1.165, 1.54) is 0 Å². The summed E-state index contributed by atoms with van der Waals surface area (Å²) in [7, 11) is 1.64. The molecule has 2 heterocycles. The Balaban J connectivity index is 2.25. The Bertz CT molecular complexity index is 732. The van der Waals surface area contributed by atoms with Crippen LogP contribution in [0, 0.1) is 6.92 Å². The fourth-order valence-corrected chi connectivity index (χ4v) is 2.09. The minimum atomic E-state index is 0.355. The normalized spacial score (nSPS) is 10.8. The zero-order chi connectivity index (χ0) is 13.4. The molecular formula is C14H13N3O2. The summed E-state index contributed by atoms with van der Waals surface area (Å²) in [6, 6.07) is 9.72. The van der Waals surface area contributed by atoms with E-state index in [2.05, 4.69) is 10.1 Å². The molecule has 3 rings (SSSR count). The molecule has 0 saturated heterocycles. The van der Waals surface area contributed by atoms with Crippen molar-refractivity contribution in [2.24, 2.45) is 0 Å². The van der Waals surface area contributed by atoms with Gasteiger partial charge < -0.3 is 15.0 Å². The molecule has 0 aliphatic heterocycles. The molecule has 0 unspecified atom stereocenters. The van der Waals surface area contributed by atoms with Gasteiger partial charge in [0.15, 0.2) is 5.82 Å². The highest BCUT2D eigenvalue weighted by Crippen LogP contribution is 2.32. The van der Waals surface area contributed by atoms with Gasteiger partial charge >= 0.3 is 0 Å². The molecule has 0 fully saturated rings. The molecule has 3 aromatic rings. The number of hydrogen-bond acceptors (Lipinski definition) is 5. The topological polar surface area (TPSA) is 74.2 Å². The third-order valence-electron chi connectivity index (χ3n) is 3.00. The van der Waals surface area contributed by atoms with E-state index in [0.29, 0.717) is 11.5 Å². The van der Waals surface area contributed by atoms with Crippen LogP contribution in [0.1, 0.15) is 5.69 Å². The van der Waals surface area contributed by atoms with Gasteiger partial charge in [0.1, 0.15) is 5.75 Å². The van der Waals surface area contributed by atoms with E-state index in [4.69, 9.17) is 15.0 Å². The maximum atomic E-state index is 5.85. The first-order chi connectivity index (χ1) is 9.19. The fourth-order valence-electron chi connectivity index (χ4n) is 2.09. The van der Waals surface area contributed by atoms with Crippen LogP contribution in [-0.2, 0) is 0 Å². The summed E-state index contributed by atoms with van der Waals surface area (Å²) < 4.78 is 10.3. The van der Waals surface area contributed by atoms with Crippen molar-refractivity contribution in [1.29, 1.82) is 0 Å². The maximum Gasteiger partial charge on any atom is 0.260 e. The smallest absolute Gasteiger partial charge is 0.260 e. The molecule has 0 radical (unpaired) electrons. The van der Waals surface area contributed by atoms with Gasteiger partial charge in [-0.05, 0) is 30.7 Å². The Hall–Kier alpha value is -2.56. The minimum Gasteiger partial charge on any atom is -0.497 e. The zero-order valence-corrected chi connectivity index (χ0v) is 10.7. The molecule has 0 aliphatic carbocycles. The summed E-state index contributed by atoms with van der Waals surface area (Å²) >= 11 is 0. The van der Waals surface area contributed by atoms with Crippen LogP contribution in [0.4, 0.5) is 5.82 Å². The summed E-state index contributed by atoms with van der Waals surface area (Å²) in [5.41, 5.74) is 9.15. The molecule has 0 atom stereocenters. The number of nitrogens with two attached hydrogens (primary N) is 1. The first-order valence-electron chi connectivity index (χ1n) is 5.86. The summed E-state index contributed by atoms with van der Waals surface area (Å²) in [6.45, 7) is 1.91. The molecule has 0 bridgehead atoms. The summed E-state index contributed by atoms with van der Waals surface area (Å²) in [6.07, 6.45) is 0. The molecular weight excluding hydrogens is 242 g/mol. The monoisotopic (exact) mass is 255 g/mol. The predicted molar refractivity (Wildman–Crippen MR) is 72.9 cm³/mol. The molecule has 2 N–H and O–H groups in total. The van der Waals surface area contributed by atoms with Gasteiger partial charge in [0.05, 0.1) is 12.5 Å². The number of ether oxygens (including phenoxy) is 1. The van der Waals surface area contributed by atoms with Crippen molar-refractivity contribution in [3.8, 4) is 16.9 Å². The number of aromatic nitrogens is 2. The van der Waals surface area contributed by atoms with Crippen LogP contribution in [0.2, 0.25) is 0 Å². The van der Waals surface area contributed by atoms with Gasteiger partial charge in [-0.15, -0.1) is 0 Å². The van der Waals surface area contributed by atoms with Crippen LogP contribution in [0.25, 0.3) is 22.2 Å². The van der Waals surface area contributed by atoms with Crippen LogP contribution in [0.15, 0.2) is 34.9 Å². The molecule has 96 valence electrons. The van der Waals surface area contributed by atoms with Gasteiger partial charge in [0.2, 0.25) is 0 Å². The minimum absolute atomic E-state index is 0.355. The van der Waals surface area contributed by atoms with Crippen molar-refractivity contribution < 1.29 is 9.26 Å². The lowest BCUT2D eigenvalue weighted by Crippen LogP contribution is -1.90. The second kappa shape index (κ2) is 4.28. The Morgan fingerprint density at radius 3 is 2.63 bits per heavy atom. The number of anilines is 1. The van der Waals surface area contributed by atoms with Gasteiger partial charge in [-0.3, -0.25) is 0 Å².